The Bertz CT molecular complexity index is 839. The highest BCUT2D eigenvalue weighted by molar-refractivity contribution is 6.67. The molecule has 0 saturated heterocycles. The predicted molar refractivity (Wildman–Crippen MR) is 84.1 cm³/mol. The van der Waals surface area contributed by atoms with Gasteiger partial charge in [-0.25, -0.2) is 4.79 Å². The van der Waals surface area contributed by atoms with Gasteiger partial charge in [-0.05, 0) is 29.3 Å². The van der Waals surface area contributed by atoms with Crippen LogP contribution in [0.3, 0.4) is 0 Å². The maximum atomic E-state index is 12.1. The monoisotopic (exact) mass is 313 g/mol. The lowest BCUT2D eigenvalue weighted by Crippen LogP contribution is -2.11. The van der Waals surface area contributed by atoms with E-state index in [9.17, 15) is 9.59 Å². The van der Waals surface area contributed by atoms with E-state index in [0.717, 1.165) is 16.3 Å². The van der Waals surface area contributed by atoms with Crippen molar-refractivity contribution in [1.29, 1.82) is 0 Å². The normalized spacial score (nSPS) is 10.6. The first kappa shape index (κ1) is 14.4. The number of fused-ring (bicyclic) bond motifs is 1. The van der Waals surface area contributed by atoms with Crippen molar-refractivity contribution in [2.45, 2.75) is 6.61 Å². The molecule has 1 heterocycles. The molecule has 2 aromatic carbocycles. The fraction of sp³-hybridized carbons (Fsp3) is 0.0588. The van der Waals surface area contributed by atoms with Gasteiger partial charge in [0.2, 0.25) is 0 Å². The van der Waals surface area contributed by atoms with Gasteiger partial charge < -0.3 is 4.74 Å². The van der Waals surface area contributed by atoms with Crippen LogP contribution in [0, 0.1) is 0 Å². The van der Waals surface area contributed by atoms with Crippen LogP contribution in [-0.4, -0.2) is 15.9 Å². The number of carbonyl (C=O) groups excluding carboxylic acids is 2. The summed E-state index contributed by atoms with van der Waals surface area (Å²) in [6.45, 7) is 0.208. The van der Waals surface area contributed by atoms with Crippen LogP contribution in [0.5, 0.6) is 0 Å². The summed E-state index contributed by atoms with van der Waals surface area (Å²) in [7, 11) is 0. The number of aromatic nitrogens is 1. The average Bonchev–Trinajstić information content (AvgIpc) is 2.96. The van der Waals surface area contributed by atoms with Gasteiger partial charge in [0, 0.05) is 28.7 Å². The number of carbonyl (C=O) groups is 2. The summed E-state index contributed by atoms with van der Waals surface area (Å²) < 4.78 is 6.61. The van der Waals surface area contributed by atoms with E-state index < -0.39 is 11.3 Å². The molecule has 1 aromatic heterocycles. The molecule has 110 valence electrons. The summed E-state index contributed by atoms with van der Waals surface area (Å²) in [5.41, 5.74) is 1.31. The number of rotatable bonds is 3. The van der Waals surface area contributed by atoms with Gasteiger partial charge in [-0.2, -0.15) is 0 Å². The quantitative estimate of drug-likeness (QED) is 0.681. The lowest BCUT2D eigenvalue weighted by molar-refractivity contribution is 0.108. The Kier molecular flexibility index (Phi) is 3.94. The number of halogens is 1. The van der Waals surface area contributed by atoms with Crippen molar-refractivity contribution < 1.29 is 14.3 Å². The SMILES string of the molecule is O=C(Cl)c1ccc2cn(C(=O)OCc3ccccc3)cc2c1. The Morgan fingerprint density at radius 2 is 1.73 bits per heavy atom. The van der Waals surface area contributed by atoms with Gasteiger partial charge >= 0.3 is 6.09 Å². The highest BCUT2D eigenvalue weighted by Crippen LogP contribution is 2.19. The summed E-state index contributed by atoms with van der Waals surface area (Å²) >= 11 is 5.45. The Morgan fingerprint density at radius 1 is 1.00 bits per heavy atom. The van der Waals surface area contributed by atoms with Gasteiger partial charge in [0.25, 0.3) is 5.24 Å². The molecule has 0 fully saturated rings. The zero-order valence-corrected chi connectivity index (χ0v) is 12.3. The number of ether oxygens (including phenoxy) is 1. The minimum atomic E-state index is -0.527. The minimum Gasteiger partial charge on any atom is -0.444 e. The summed E-state index contributed by atoms with van der Waals surface area (Å²) in [6.07, 6.45) is 2.80. The molecule has 0 spiro atoms. The second-order valence-corrected chi connectivity index (χ2v) is 5.17. The molecule has 22 heavy (non-hydrogen) atoms. The van der Waals surface area contributed by atoms with Crippen LogP contribution in [0.1, 0.15) is 15.9 Å². The van der Waals surface area contributed by atoms with Crippen LogP contribution in [0.15, 0.2) is 60.9 Å². The van der Waals surface area contributed by atoms with Gasteiger partial charge in [-0.15, -0.1) is 0 Å². The van der Waals surface area contributed by atoms with E-state index in [1.807, 2.05) is 30.3 Å². The van der Waals surface area contributed by atoms with Crippen LogP contribution in [0.25, 0.3) is 10.8 Å². The molecule has 0 bridgehead atoms. The smallest absolute Gasteiger partial charge is 0.418 e. The molecule has 0 N–H and O–H groups in total. The molecular formula is C17H12ClNO3. The summed E-state index contributed by atoms with van der Waals surface area (Å²) in [5.74, 6) is 0. The number of nitrogens with zero attached hydrogens (tertiary/aromatic N) is 1. The third-order valence-electron chi connectivity index (χ3n) is 3.29. The summed E-state index contributed by atoms with van der Waals surface area (Å²) in [6, 6.07) is 14.5. The number of benzene rings is 2. The zero-order valence-electron chi connectivity index (χ0n) is 11.5. The highest BCUT2D eigenvalue weighted by Gasteiger charge is 2.10. The van der Waals surface area contributed by atoms with E-state index in [0.29, 0.717) is 5.56 Å². The van der Waals surface area contributed by atoms with Crippen LogP contribution in [0.4, 0.5) is 4.79 Å². The molecule has 0 unspecified atom stereocenters. The van der Waals surface area contributed by atoms with Gasteiger partial charge in [0.05, 0.1) is 0 Å². The van der Waals surface area contributed by atoms with Crippen molar-refractivity contribution in [3.05, 3.63) is 72.1 Å². The average molecular weight is 314 g/mol. The lowest BCUT2D eigenvalue weighted by Gasteiger charge is -2.04. The molecule has 3 rings (SSSR count). The van der Waals surface area contributed by atoms with Gasteiger partial charge in [0.15, 0.2) is 0 Å². The first-order chi connectivity index (χ1) is 10.6. The molecular weight excluding hydrogens is 302 g/mol. The predicted octanol–water partition coefficient (Wildman–Crippen LogP) is 4.21. The van der Waals surface area contributed by atoms with Crippen LogP contribution in [0.2, 0.25) is 0 Å². The number of hydrogen-bond donors (Lipinski definition) is 0. The first-order valence-corrected chi connectivity index (χ1v) is 7.04. The Morgan fingerprint density at radius 3 is 2.45 bits per heavy atom. The second-order valence-electron chi connectivity index (χ2n) is 4.82. The highest BCUT2D eigenvalue weighted by atomic mass is 35.5. The van der Waals surface area contributed by atoms with E-state index in [2.05, 4.69) is 0 Å². The van der Waals surface area contributed by atoms with Crippen molar-refractivity contribution in [3.63, 3.8) is 0 Å². The second kappa shape index (κ2) is 6.03. The van der Waals surface area contributed by atoms with Crippen molar-refractivity contribution >= 4 is 33.7 Å². The van der Waals surface area contributed by atoms with E-state index in [1.54, 1.807) is 30.6 Å². The molecule has 0 saturated carbocycles. The molecule has 4 nitrogen and oxygen atoms in total. The summed E-state index contributed by atoms with van der Waals surface area (Å²) in [4.78, 5) is 23.2. The molecule has 0 radical (unpaired) electrons. The zero-order chi connectivity index (χ0) is 15.5. The third kappa shape index (κ3) is 3.02. The largest absolute Gasteiger partial charge is 0.444 e. The maximum Gasteiger partial charge on any atom is 0.418 e. The molecule has 3 aromatic rings. The van der Waals surface area contributed by atoms with E-state index in [1.165, 1.54) is 4.57 Å². The standard InChI is InChI=1S/C17H12ClNO3/c18-16(20)13-6-7-14-9-19(10-15(14)8-13)17(21)22-11-12-4-2-1-3-5-12/h1-10H,11H2. The fourth-order valence-electron chi connectivity index (χ4n) is 2.16. The molecule has 0 aliphatic heterocycles. The van der Waals surface area contributed by atoms with Crippen LogP contribution >= 0.6 is 11.6 Å². The molecule has 0 atom stereocenters. The van der Waals surface area contributed by atoms with Crippen LogP contribution in [-0.2, 0) is 11.3 Å². The van der Waals surface area contributed by atoms with E-state index in [4.69, 9.17) is 16.3 Å². The fourth-order valence-corrected chi connectivity index (χ4v) is 2.28. The van der Waals surface area contributed by atoms with Crippen molar-refractivity contribution in [2.75, 3.05) is 0 Å². The van der Waals surface area contributed by atoms with E-state index >= 15 is 0 Å². The van der Waals surface area contributed by atoms with Crippen LogP contribution < -0.4 is 0 Å². The van der Waals surface area contributed by atoms with E-state index in [-0.39, 0.29) is 6.61 Å². The summed E-state index contributed by atoms with van der Waals surface area (Å²) in [5, 5.41) is 1.06. The van der Waals surface area contributed by atoms with Gasteiger partial charge in [-0.1, -0.05) is 36.4 Å². The first-order valence-electron chi connectivity index (χ1n) is 6.66. The third-order valence-corrected chi connectivity index (χ3v) is 3.50. The topological polar surface area (TPSA) is 48.3 Å². The van der Waals surface area contributed by atoms with Crippen molar-refractivity contribution in [3.8, 4) is 0 Å². The molecule has 0 aliphatic rings. The van der Waals surface area contributed by atoms with Crippen molar-refractivity contribution in [2.24, 2.45) is 0 Å². The molecule has 0 amide bonds. The Labute approximate surface area is 131 Å². The van der Waals surface area contributed by atoms with Crippen molar-refractivity contribution in [1.82, 2.24) is 4.57 Å². The Balaban J connectivity index is 1.78. The molecule has 5 heteroatoms. The number of hydrogen-bond acceptors (Lipinski definition) is 3. The van der Waals surface area contributed by atoms with Gasteiger partial charge in [0.1, 0.15) is 6.61 Å². The minimum absolute atomic E-state index is 0.208. The lowest BCUT2D eigenvalue weighted by atomic mass is 10.1. The maximum absolute atomic E-state index is 12.1. The Hall–Kier alpha value is -2.59. The van der Waals surface area contributed by atoms with Gasteiger partial charge in [-0.3, -0.25) is 9.36 Å². The molecule has 0 aliphatic carbocycles.